The van der Waals surface area contributed by atoms with E-state index >= 15 is 0 Å². The van der Waals surface area contributed by atoms with Gasteiger partial charge in [0.2, 0.25) is 0 Å². The topological polar surface area (TPSA) is 25.9 Å². The molecule has 1 aromatic carbocycles. The maximum absolute atomic E-state index is 12.4. The van der Waals surface area contributed by atoms with E-state index in [0.717, 1.165) is 17.4 Å². The van der Waals surface area contributed by atoms with Crippen molar-refractivity contribution in [2.24, 2.45) is 13.0 Å². The first-order valence-corrected chi connectivity index (χ1v) is 7.24. The largest absolute Gasteiger partial charge is 0.498 e. The number of aryl methyl sites for hydroxylation is 1. The van der Waals surface area contributed by atoms with E-state index in [0.29, 0.717) is 5.92 Å². The first-order valence-electron chi connectivity index (χ1n) is 7.24. The second-order valence-corrected chi connectivity index (χ2v) is 5.69. The fourth-order valence-corrected chi connectivity index (χ4v) is 3.20. The predicted octanol–water partition coefficient (Wildman–Crippen LogP) is 2.41. The molecule has 100 valence electrons. The predicted molar refractivity (Wildman–Crippen MR) is 76.0 cm³/mol. The summed E-state index contributed by atoms with van der Waals surface area (Å²) < 4.78 is 3.66. The van der Waals surface area contributed by atoms with E-state index < -0.39 is 0 Å². The van der Waals surface area contributed by atoms with Crippen molar-refractivity contribution in [1.82, 2.24) is 4.57 Å². The third kappa shape index (κ3) is 2.42. The zero-order chi connectivity index (χ0) is 13.2. The quantitative estimate of drug-likeness (QED) is 0.759. The molecule has 1 aromatic heterocycles. The molecule has 3 nitrogen and oxygen atoms in total. The van der Waals surface area contributed by atoms with Gasteiger partial charge in [-0.3, -0.25) is 0 Å². The van der Waals surface area contributed by atoms with Crippen molar-refractivity contribution in [2.75, 3.05) is 0 Å². The highest BCUT2D eigenvalue weighted by Crippen LogP contribution is 2.23. The number of benzene rings is 1. The molecule has 0 N–H and O–H groups in total. The molecule has 3 heteroatoms. The van der Waals surface area contributed by atoms with Gasteiger partial charge in [0, 0.05) is 0 Å². The van der Waals surface area contributed by atoms with Crippen molar-refractivity contribution in [1.29, 1.82) is 0 Å². The van der Waals surface area contributed by atoms with Gasteiger partial charge in [-0.2, -0.15) is 13.9 Å². The molecule has 1 fully saturated rings. The van der Waals surface area contributed by atoms with E-state index in [4.69, 9.17) is 0 Å². The molecule has 0 bridgehead atoms. The van der Waals surface area contributed by atoms with Crippen LogP contribution in [0.2, 0.25) is 0 Å². The maximum Gasteiger partial charge on any atom is 0.498 e. The van der Waals surface area contributed by atoms with Crippen molar-refractivity contribution >= 4 is 10.9 Å². The Morgan fingerprint density at radius 3 is 2.74 bits per heavy atom. The van der Waals surface area contributed by atoms with Crippen molar-refractivity contribution in [3.63, 3.8) is 0 Å². The van der Waals surface area contributed by atoms with Crippen LogP contribution in [0.5, 0.6) is 0 Å². The molecule has 0 atom stereocenters. The molecule has 1 aliphatic rings. The Morgan fingerprint density at radius 1 is 1.21 bits per heavy atom. The molecule has 1 heterocycles. The van der Waals surface area contributed by atoms with Crippen LogP contribution in [0.3, 0.4) is 0 Å². The first kappa shape index (κ1) is 12.4. The summed E-state index contributed by atoms with van der Waals surface area (Å²) in [6.07, 6.45) is 8.55. The molecule has 2 aromatic rings. The molecule has 1 aliphatic carbocycles. The fourth-order valence-electron chi connectivity index (χ4n) is 3.20. The average Bonchev–Trinajstić information content (AvgIpc) is 2.46. The molecular formula is C16H21N2O+. The maximum atomic E-state index is 12.4. The lowest BCUT2D eigenvalue weighted by Crippen LogP contribution is -2.55. The van der Waals surface area contributed by atoms with Gasteiger partial charge in [-0.1, -0.05) is 31.4 Å². The summed E-state index contributed by atoms with van der Waals surface area (Å²) in [5.74, 6) is 0.674. The summed E-state index contributed by atoms with van der Waals surface area (Å²) in [6, 6.07) is 8.08. The molecule has 19 heavy (non-hydrogen) atoms. The van der Waals surface area contributed by atoms with Crippen LogP contribution < -0.4 is 10.3 Å². The van der Waals surface area contributed by atoms with Crippen LogP contribution in [0, 0.1) is 5.92 Å². The van der Waals surface area contributed by atoms with E-state index in [2.05, 4.69) is 6.07 Å². The van der Waals surface area contributed by atoms with E-state index in [1.807, 2.05) is 36.0 Å². The van der Waals surface area contributed by atoms with Gasteiger partial charge < -0.3 is 0 Å². The van der Waals surface area contributed by atoms with Gasteiger partial charge in [-0.05, 0) is 30.9 Å². The van der Waals surface area contributed by atoms with E-state index in [9.17, 15) is 4.79 Å². The van der Waals surface area contributed by atoms with Gasteiger partial charge in [-0.25, -0.2) is 0 Å². The highest BCUT2D eigenvalue weighted by molar-refractivity contribution is 5.76. The molecular weight excluding hydrogens is 236 g/mol. The van der Waals surface area contributed by atoms with Crippen LogP contribution in [0.1, 0.15) is 32.1 Å². The third-order valence-corrected chi connectivity index (χ3v) is 4.31. The minimum Gasteiger partial charge on any atom is -0.197 e. The number of hydrogen-bond donors (Lipinski definition) is 0. The zero-order valence-electron chi connectivity index (χ0n) is 11.5. The van der Waals surface area contributed by atoms with Crippen molar-refractivity contribution in [3.05, 3.63) is 40.9 Å². The molecule has 3 rings (SSSR count). The summed E-state index contributed by atoms with van der Waals surface area (Å²) >= 11 is 0. The average molecular weight is 257 g/mol. The standard InChI is InChI=1S/C16H21N2O/c1-17-15-10-6-5-9-14(15)12-18(16(17)19)11-13-7-3-2-4-8-13/h5-6,9-10,12-13H,2-4,7-8,11H2,1H3/q+1. The fraction of sp³-hybridized carbons (Fsp3) is 0.500. The Morgan fingerprint density at radius 2 is 1.95 bits per heavy atom. The molecule has 0 saturated heterocycles. The van der Waals surface area contributed by atoms with Crippen LogP contribution in [-0.2, 0) is 13.6 Å². The van der Waals surface area contributed by atoms with Gasteiger partial charge in [-0.15, -0.1) is 0 Å². The normalized spacial score (nSPS) is 16.9. The van der Waals surface area contributed by atoms with Gasteiger partial charge >= 0.3 is 5.69 Å². The monoisotopic (exact) mass is 257 g/mol. The van der Waals surface area contributed by atoms with Gasteiger partial charge in [0.05, 0.1) is 19.0 Å². The summed E-state index contributed by atoms with van der Waals surface area (Å²) in [5.41, 5.74) is 1.11. The molecule has 0 spiro atoms. The number of rotatable bonds is 2. The zero-order valence-corrected chi connectivity index (χ0v) is 11.5. The minimum atomic E-state index is 0.101. The number of fused-ring (bicyclic) bond motifs is 1. The van der Waals surface area contributed by atoms with Crippen molar-refractivity contribution in [2.45, 2.75) is 38.6 Å². The Labute approximate surface area is 113 Å². The number of para-hydroxylation sites is 1. The summed E-state index contributed by atoms with van der Waals surface area (Å²) in [4.78, 5) is 12.4. The van der Waals surface area contributed by atoms with E-state index in [-0.39, 0.29) is 5.69 Å². The number of aromatic nitrogens is 2. The van der Waals surface area contributed by atoms with Crippen LogP contribution in [-0.4, -0.2) is 4.57 Å². The lowest BCUT2D eigenvalue weighted by Gasteiger charge is -2.19. The number of hydrogen-bond acceptors (Lipinski definition) is 1. The first-order chi connectivity index (χ1) is 9.25. The van der Waals surface area contributed by atoms with E-state index in [1.165, 1.54) is 32.1 Å². The van der Waals surface area contributed by atoms with Crippen molar-refractivity contribution < 1.29 is 4.57 Å². The SMILES string of the molecule is Cn1c(=O)[n+](CC2CCCCC2)cc2ccccc21. The van der Waals surface area contributed by atoms with Crippen LogP contribution in [0.4, 0.5) is 0 Å². The molecule has 0 aliphatic heterocycles. The molecule has 0 radical (unpaired) electrons. The van der Waals surface area contributed by atoms with Crippen molar-refractivity contribution in [3.8, 4) is 0 Å². The summed E-state index contributed by atoms with van der Waals surface area (Å²) in [6.45, 7) is 0.873. The van der Waals surface area contributed by atoms with Crippen LogP contribution in [0.15, 0.2) is 35.3 Å². The Bertz CT molecular complexity index is 639. The second-order valence-electron chi connectivity index (χ2n) is 5.69. The van der Waals surface area contributed by atoms with Crippen LogP contribution >= 0.6 is 0 Å². The molecule has 1 saturated carbocycles. The van der Waals surface area contributed by atoms with Crippen LogP contribution in [0.25, 0.3) is 10.9 Å². The Balaban J connectivity index is 1.99. The number of nitrogens with zero attached hydrogens (tertiary/aromatic N) is 2. The second kappa shape index (κ2) is 5.16. The molecule has 0 unspecified atom stereocenters. The summed E-state index contributed by atoms with van der Waals surface area (Å²) in [7, 11) is 1.86. The highest BCUT2D eigenvalue weighted by Gasteiger charge is 2.19. The lowest BCUT2D eigenvalue weighted by molar-refractivity contribution is -0.720. The smallest absolute Gasteiger partial charge is 0.197 e. The Kier molecular flexibility index (Phi) is 3.36. The third-order valence-electron chi connectivity index (χ3n) is 4.31. The minimum absolute atomic E-state index is 0.101. The van der Waals surface area contributed by atoms with Gasteiger partial charge in [0.1, 0.15) is 11.7 Å². The highest BCUT2D eigenvalue weighted by atomic mass is 16.1. The van der Waals surface area contributed by atoms with E-state index in [1.54, 1.807) is 4.57 Å². The van der Waals surface area contributed by atoms with Gasteiger partial charge in [0.25, 0.3) is 0 Å². The summed E-state index contributed by atoms with van der Waals surface area (Å²) in [5, 5.41) is 1.14. The lowest BCUT2D eigenvalue weighted by atomic mass is 9.89. The Hall–Kier alpha value is -1.64. The molecule has 0 amide bonds. The van der Waals surface area contributed by atoms with Gasteiger partial charge in [0.15, 0.2) is 0 Å².